The van der Waals surface area contributed by atoms with E-state index < -0.39 is 6.04 Å². The normalized spacial score (nSPS) is 11.6. The van der Waals surface area contributed by atoms with Crippen LogP contribution in [0.3, 0.4) is 0 Å². The average Bonchev–Trinajstić information content (AvgIpc) is 2.65. The summed E-state index contributed by atoms with van der Waals surface area (Å²) in [4.78, 5) is 26.4. The van der Waals surface area contributed by atoms with Gasteiger partial charge in [0.15, 0.2) is 0 Å². The molecule has 4 nitrogen and oxygen atoms in total. The quantitative estimate of drug-likeness (QED) is 0.841. The third kappa shape index (κ3) is 4.89. The van der Waals surface area contributed by atoms with Gasteiger partial charge in [-0.25, -0.2) is 4.39 Å². The Morgan fingerprint density at radius 3 is 2.32 bits per heavy atom. The third-order valence-corrected chi connectivity index (χ3v) is 4.12. The van der Waals surface area contributed by atoms with E-state index in [2.05, 4.69) is 5.32 Å². The van der Waals surface area contributed by atoms with Crippen molar-refractivity contribution in [2.75, 3.05) is 7.05 Å². The number of halogens is 1. The Bertz CT molecular complexity index is 719. The molecule has 0 spiro atoms. The number of benzene rings is 2. The lowest BCUT2D eigenvalue weighted by Gasteiger charge is -2.31. The standard InChI is InChI=1S/C20H23FN2O2/c1-3-19(24)23(14-16-11-7-8-12-17(16)21)18(20(25)22-2)13-15-9-5-4-6-10-15/h4-12,18H,3,13-14H2,1-2H3,(H,22,25). The van der Waals surface area contributed by atoms with Crippen molar-refractivity contribution in [3.63, 3.8) is 0 Å². The van der Waals surface area contributed by atoms with Crippen LogP contribution in [0.25, 0.3) is 0 Å². The average molecular weight is 342 g/mol. The Morgan fingerprint density at radius 1 is 1.08 bits per heavy atom. The molecule has 1 atom stereocenters. The van der Waals surface area contributed by atoms with Crippen molar-refractivity contribution in [3.05, 3.63) is 71.5 Å². The number of nitrogens with zero attached hydrogens (tertiary/aromatic N) is 1. The van der Waals surface area contributed by atoms with Gasteiger partial charge >= 0.3 is 0 Å². The largest absolute Gasteiger partial charge is 0.357 e. The van der Waals surface area contributed by atoms with Crippen molar-refractivity contribution < 1.29 is 14.0 Å². The third-order valence-electron chi connectivity index (χ3n) is 4.12. The topological polar surface area (TPSA) is 49.4 Å². The highest BCUT2D eigenvalue weighted by atomic mass is 19.1. The van der Waals surface area contributed by atoms with E-state index in [9.17, 15) is 14.0 Å². The first-order chi connectivity index (χ1) is 12.1. The summed E-state index contributed by atoms with van der Waals surface area (Å²) in [5, 5.41) is 2.62. The Kier molecular flexibility index (Phi) is 6.69. The molecule has 0 aliphatic rings. The molecule has 0 aliphatic carbocycles. The molecule has 1 unspecified atom stereocenters. The van der Waals surface area contributed by atoms with E-state index in [1.54, 1.807) is 25.1 Å². The predicted molar refractivity (Wildman–Crippen MR) is 95.2 cm³/mol. The van der Waals surface area contributed by atoms with Gasteiger partial charge in [0.2, 0.25) is 11.8 Å². The van der Waals surface area contributed by atoms with Gasteiger partial charge in [-0.2, -0.15) is 0 Å². The van der Waals surface area contributed by atoms with E-state index in [0.29, 0.717) is 12.0 Å². The molecule has 0 aliphatic heterocycles. The molecule has 2 aromatic rings. The molecule has 0 aromatic heterocycles. The molecule has 2 rings (SSSR count). The highest BCUT2D eigenvalue weighted by molar-refractivity contribution is 5.87. The van der Waals surface area contributed by atoms with Crippen LogP contribution >= 0.6 is 0 Å². The van der Waals surface area contributed by atoms with Crippen LogP contribution in [-0.2, 0) is 22.6 Å². The van der Waals surface area contributed by atoms with E-state index >= 15 is 0 Å². The number of amides is 2. The molecule has 0 saturated carbocycles. The summed E-state index contributed by atoms with van der Waals surface area (Å²) in [7, 11) is 1.54. The Morgan fingerprint density at radius 2 is 1.72 bits per heavy atom. The van der Waals surface area contributed by atoms with Gasteiger partial charge in [0.1, 0.15) is 11.9 Å². The predicted octanol–water partition coefficient (Wildman–Crippen LogP) is 2.92. The number of carbonyl (C=O) groups excluding carboxylic acids is 2. The lowest BCUT2D eigenvalue weighted by atomic mass is 10.0. The van der Waals surface area contributed by atoms with E-state index in [-0.39, 0.29) is 30.6 Å². The summed E-state index contributed by atoms with van der Waals surface area (Å²) in [6.45, 7) is 1.80. The number of hydrogen-bond acceptors (Lipinski definition) is 2. The lowest BCUT2D eigenvalue weighted by molar-refractivity contribution is -0.140. The zero-order chi connectivity index (χ0) is 18.2. The molecule has 0 heterocycles. The minimum absolute atomic E-state index is 0.0598. The van der Waals surface area contributed by atoms with Crippen molar-refractivity contribution in [2.24, 2.45) is 0 Å². The minimum Gasteiger partial charge on any atom is -0.357 e. The van der Waals surface area contributed by atoms with Crippen LogP contribution in [0.15, 0.2) is 54.6 Å². The monoisotopic (exact) mass is 342 g/mol. The van der Waals surface area contributed by atoms with Crippen molar-refractivity contribution >= 4 is 11.8 Å². The zero-order valence-corrected chi connectivity index (χ0v) is 14.5. The van der Waals surface area contributed by atoms with Gasteiger partial charge in [-0.15, -0.1) is 0 Å². The molecular weight excluding hydrogens is 319 g/mol. The summed E-state index contributed by atoms with van der Waals surface area (Å²) in [6.07, 6.45) is 0.622. The summed E-state index contributed by atoms with van der Waals surface area (Å²) < 4.78 is 14.1. The fraction of sp³-hybridized carbons (Fsp3) is 0.300. The molecule has 5 heteroatoms. The number of nitrogens with one attached hydrogen (secondary N) is 1. The van der Waals surface area contributed by atoms with Gasteiger partial charge in [0.05, 0.1) is 0 Å². The van der Waals surface area contributed by atoms with E-state index in [1.807, 2.05) is 30.3 Å². The van der Waals surface area contributed by atoms with Crippen LogP contribution in [0.4, 0.5) is 4.39 Å². The lowest BCUT2D eigenvalue weighted by Crippen LogP contribution is -2.49. The second-order valence-corrected chi connectivity index (χ2v) is 5.79. The number of hydrogen-bond donors (Lipinski definition) is 1. The molecule has 0 fully saturated rings. The van der Waals surface area contributed by atoms with Gasteiger partial charge in [-0.1, -0.05) is 55.5 Å². The molecule has 0 saturated heterocycles. The molecule has 1 N–H and O–H groups in total. The summed E-state index contributed by atoms with van der Waals surface area (Å²) >= 11 is 0. The van der Waals surface area contributed by atoms with E-state index in [0.717, 1.165) is 5.56 Å². The van der Waals surface area contributed by atoms with Gasteiger partial charge < -0.3 is 10.2 Å². The maximum Gasteiger partial charge on any atom is 0.242 e. The molecule has 0 bridgehead atoms. The van der Waals surface area contributed by atoms with Gasteiger partial charge in [-0.05, 0) is 11.6 Å². The Hall–Kier alpha value is -2.69. The summed E-state index contributed by atoms with van der Waals surface area (Å²) in [5.74, 6) is -0.832. The van der Waals surface area contributed by atoms with Gasteiger partial charge in [0.25, 0.3) is 0 Å². The molecular formula is C20H23FN2O2. The van der Waals surface area contributed by atoms with E-state index in [4.69, 9.17) is 0 Å². The first-order valence-electron chi connectivity index (χ1n) is 8.35. The van der Waals surface area contributed by atoms with Gasteiger partial charge in [0, 0.05) is 32.0 Å². The van der Waals surface area contributed by atoms with Crippen LogP contribution in [-0.4, -0.2) is 29.8 Å². The summed E-state index contributed by atoms with van der Waals surface area (Å²) in [6, 6.07) is 15.1. The molecule has 132 valence electrons. The maximum absolute atomic E-state index is 14.1. The van der Waals surface area contributed by atoms with Crippen molar-refractivity contribution in [3.8, 4) is 0 Å². The molecule has 2 aromatic carbocycles. The highest BCUT2D eigenvalue weighted by Crippen LogP contribution is 2.17. The van der Waals surface area contributed by atoms with Crippen molar-refractivity contribution in [1.82, 2.24) is 10.2 Å². The van der Waals surface area contributed by atoms with Crippen molar-refractivity contribution in [1.29, 1.82) is 0 Å². The van der Waals surface area contributed by atoms with Crippen LogP contribution in [0.5, 0.6) is 0 Å². The molecule has 0 radical (unpaired) electrons. The first kappa shape index (κ1) is 18.6. The number of rotatable bonds is 7. The SMILES string of the molecule is CCC(=O)N(Cc1ccccc1F)C(Cc1ccccc1)C(=O)NC. The van der Waals surface area contributed by atoms with Gasteiger partial charge in [-0.3, -0.25) is 9.59 Å². The van der Waals surface area contributed by atoms with Crippen LogP contribution in [0, 0.1) is 5.82 Å². The van der Waals surface area contributed by atoms with E-state index in [1.165, 1.54) is 18.0 Å². The number of likely N-dealkylation sites (N-methyl/N-ethyl adjacent to an activating group) is 1. The smallest absolute Gasteiger partial charge is 0.242 e. The fourth-order valence-electron chi connectivity index (χ4n) is 2.73. The van der Waals surface area contributed by atoms with Crippen LogP contribution in [0.1, 0.15) is 24.5 Å². The number of carbonyl (C=O) groups is 2. The Labute approximate surface area is 147 Å². The van der Waals surface area contributed by atoms with Crippen LogP contribution < -0.4 is 5.32 Å². The molecule has 2 amide bonds. The fourth-order valence-corrected chi connectivity index (χ4v) is 2.73. The second-order valence-electron chi connectivity index (χ2n) is 5.79. The molecule has 25 heavy (non-hydrogen) atoms. The highest BCUT2D eigenvalue weighted by Gasteiger charge is 2.29. The maximum atomic E-state index is 14.1. The zero-order valence-electron chi connectivity index (χ0n) is 14.5. The van der Waals surface area contributed by atoms with Crippen LogP contribution in [0.2, 0.25) is 0 Å². The summed E-state index contributed by atoms with van der Waals surface area (Å²) in [5.41, 5.74) is 1.34. The second kappa shape index (κ2) is 8.97. The minimum atomic E-state index is -0.695. The van der Waals surface area contributed by atoms with Crippen molar-refractivity contribution in [2.45, 2.75) is 32.4 Å². The Balaban J connectivity index is 2.34. The first-order valence-corrected chi connectivity index (χ1v) is 8.35.